The van der Waals surface area contributed by atoms with Crippen LogP contribution in [-0.4, -0.2) is 30.3 Å². The summed E-state index contributed by atoms with van der Waals surface area (Å²) in [5.41, 5.74) is 0. The number of carbonyl (C=O) groups excluding carboxylic acids is 1. The van der Waals surface area contributed by atoms with Crippen molar-refractivity contribution in [1.29, 1.82) is 0 Å². The van der Waals surface area contributed by atoms with Crippen molar-refractivity contribution in [2.45, 2.75) is 18.9 Å². The van der Waals surface area contributed by atoms with Crippen LogP contribution in [0.4, 0.5) is 4.39 Å². The minimum absolute atomic E-state index is 0.0513. The van der Waals surface area contributed by atoms with E-state index in [9.17, 15) is 14.3 Å². The Kier molecular flexibility index (Phi) is 4.15. The van der Waals surface area contributed by atoms with Gasteiger partial charge in [-0.2, -0.15) is 0 Å². The molecule has 0 heterocycles. The van der Waals surface area contributed by atoms with Gasteiger partial charge in [-0.05, 0) is 30.9 Å². The maximum absolute atomic E-state index is 13.2. The predicted molar refractivity (Wildman–Crippen MR) is 63.6 cm³/mol. The van der Waals surface area contributed by atoms with Gasteiger partial charge in [0.15, 0.2) is 18.2 Å². The molecule has 2 N–H and O–H groups in total. The minimum atomic E-state index is -0.497. The number of benzene rings is 1. The van der Waals surface area contributed by atoms with E-state index in [2.05, 4.69) is 5.32 Å². The molecule has 0 spiro atoms. The fourth-order valence-electron chi connectivity index (χ4n) is 1.62. The summed E-state index contributed by atoms with van der Waals surface area (Å²) in [6.07, 6.45) is 1.55. The number of hydrogen-bond acceptors (Lipinski definition) is 3. The molecular formula is C13H16FNO3. The second kappa shape index (κ2) is 5.82. The van der Waals surface area contributed by atoms with E-state index in [0.717, 1.165) is 12.8 Å². The molecule has 1 unspecified atom stereocenters. The SMILES string of the molecule is O=C(COc1ccccc1F)NCC(O)C1CC1. The third kappa shape index (κ3) is 3.70. The molecular weight excluding hydrogens is 237 g/mol. The summed E-state index contributed by atoms with van der Waals surface area (Å²) in [5.74, 6) is -0.491. The lowest BCUT2D eigenvalue weighted by atomic mass is 10.2. The second-order valence-electron chi connectivity index (χ2n) is 4.43. The van der Waals surface area contributed by atoms with Gasteiger partial charge in [0.2, 0.25) is 0 Å². The van der Waals surface area contributed by atoms with Crippen molar-refractivity contribution in [3.63, 3.8) is 0 Å². The molecule has 1 amide bonds. The van der Waals surface area contributed by atoms with Crippen molar-refractivity contribution in [1.82, 2.24) is 5.32 Å². The first-order chi connectivity index (χ1) is 8.66. The maximum Gasteiger partial charge on any atom is 0.258 e. The zero-order chi connectivity index (χ0) is 13.0. The molecule has 0 aliphatic heterocycles. The smallest absolute Gasteiger partial charge is 0.258 e. The highest BCUT2D eigenvalue weighted by Crippen LogP contribution is 2.32. The molecule has 1 aromatic carbocycles. The van der Waals surface area contributed by atoms with Crippen LogP contribution in [0.2, 0.25) is 0 Å². The number of aliphatic hydroxyl groups excluding tert-OH is 1. The van der Waals surface area contributed by atoms with Crippen LogP contribution in [0.15, 0.2) is 24.3 Å². The average molecular weight is 253 g/mol. The van der Waals surface area contributed by atoms with Crippen LogP contribution in [0.25, 0.3) is 0 Å². The van der Waals surface area contributed by atoms with E-state index in [1.807, 2.05) is 0 Å². The second-order valence-corrected chi connectivity index (χ2v) is 4.43. The zero-order valence-electron chi connectivity index (χ0n) is 9.93. The largest absolute Gasteiger partial charge is 0.481 e. The third-order valence-corrected chi connectivity index (χ3v) is 2.87. The van der Waals surface area contributed by atoms with Crippen LogP contribution in [0.5, 0.6) is 5.75 Å². The molecule has 5 heteroatoms. The molecule has 4 nitrogen and oxygen atoms in total. The molecule has 0 bridgehead atoms. The van der Waals surface area contributed by atoms with Crippen LogP contribution in [0, 0.1) is 11.7 Å². The van der Waals surface area contributed by atoms with Crippen molar-refractivity contribution < 1.29 is 19.0 Å². The Morgan fingerprint density at radius 2 is 2.22 bits per heavy atom. The molecule has 1 saturated carbocycles. The Hall–Kier alpha value is -1.62. The molecule has 1 aromatic rings. The fraction of sp³-hybridized carbons (Fsp3) is 0.462. The Labute approximate surface area is 105 Å². The van der Waals surface area contributed by atoms with E-state index in [0.29, 0.717) is 5.92 Å². The van der Waals surface area contributed by atoms with Gasteiger partial charge in [0.1, 0.15) is 0 Å². The Bertz CT molecular complexity index is 420. The number of halogens is 1. The number of amides is 1. The molecule has 0 aromatic heterocycles. The van der Waals surface area contributed by atoms with Gasteiger partial charge in [0, 0.05) is 6.54 Å². The van der Waals surface area contributed by atoms with Gasteiger partial charge in [0.25, 0.3) is 5.91 Å². The van der Waals surface area contributed by atoms with Gasteiger partial charge >= 0.3 is 0 Å². The standard InChI is InChI=1S/C13H16FNO3/c14-10-3-1-2-4-12(10)18-8-13(17)15-7-11(16)9-5-6-9/h1-4,9,11,16H,5-8H2,(H,15,17). The first-order valence-corrected chi connectivity index (χ1v) is 5.99. The van der Waals surface area contributed by atoms with Gasteiger partial charge in [-0.1, -0.05) is 12.1 Å². The van der Waals surface area contributed by atoms with Crippen LogP contribution >= 0.6 is 0 Å². The zero-order valence-corrected chi connectivity index (χ0v) is 9.93. The van der Waals surface area contributed by atoms with E-state index in [1.54, 1.807) is 12.1 Å². The van der Waals surface area contributed by atoms with Gasteiger partial charge in [-0.3, -0.25) is 4.79 Å². The average Bonchev–Trinajstić information content (AvgIpc) is 3.19. The number of nitrogens with one attached hydrogen (secondary N) is 1. The number of para-hydroxylation sites is 1. The van der Waals surface area contributed by atoms with Crippen molar-refractivity contribution in [3.8, 4) is 5.75 Å². The van der Waals surface area contributed by atoms with E-state index < -0.39 is 11.9 Å². The molecule has 98 valence electrons. The molecule has 1 atom stereocenters. The quantitative estimate of drug-likeness (QED) is 0.798. The van der Waals surface area contributed by atoms with Crippen LogP contribution < -0.4 is 10.1 Å². The Morgan fingerprint density at radius 3 is 2.89 bits per heavy atom. The molecule has 2 rings (SSSR count). The fourth-order valence-corrected chi connectivity index (χ4v) is 1.62. The number of hydrogen-bond donors (Lipinski definition) is 2. The summed E-state index contributed by atoms with van der Waals surface area (Å²) in [7, 11) is 0. The highest BCUT2D eigenvalue weighted by atomic mass is 19.1. The van der Waals surface area contributed by atoms with E-state index >= 15 is 0 Å². The highest BCUT2D eigenvalue weighted by Gasteiger charge is 2.29. The lowest BCUT2D eigenvalue weighted by molar-refractivity contribution is -0.123. The number of ether oxygens (including phenoxy) is 1. The molecule has 1 aliphatic carbocycles. The van der Waals surface area contributed by atoms with Gasteiger partial charge in [-0.25, -0.2) is 4.39 Å². The van der Waals surface area contributed by atoms with Gasteiger partial charge in [0.05, 0.1) is 6.10 Å². The van der Waals surface area contributed by atoms with Crippen LogP contribution in [-0.2, 0) is 4.79 Å². The Balaban J connectivity index is 1.69. The summed E-state index contributed by atoms with van der Waals surface area (Å²) in [5, 5.41) is 12.1. The van der Waals surface area contributed by atoms with Crippen LogP contribution in [0.3, 0.4) is 0 Å². The van der Waals surface area contributed by atoms with E-state index in [1.165, 1.54) is 12.1 Å². The summed E-state index contributed by atoms with van der Waals surface area (Å²) < 4.78 is 18.2. The first kappa shape index (κ1) is 12.8. The molecule has 1 aliphatic rings. The molecule has 1 fully saturated rings. The van der Waals surface area contributed by atoms with E-state index in [4.69, 9.17) is 4.74 Å². The minimum Gasteiger partial charge on any atom is -0.481 e. The predicted octanol–water partition coefficient (Wildman–Crippen LogP) is 1.09. The third-order valence-electron chi connectivity index (χ3n) is 2.87. The first-order valence-electron chi connectivity index (χ1n) is 5.99. The summed E-state index contributed by atoms with van der Waals surface area (Å²) in [6, 6.07) is 5.91. The molecule has 0 radical (unpaired) electrons. The lowest BCUT2D eigenvalue weighted by Crippen LogP contribution is -2.36. The van der Waals surface area contributed by atoms with Crippen molar-refractivity contribution in [2.24, 2.45) is 5.92 Å². The highest BCUT2D eigenvalue weighted by molar-refractivity contribution is 5.77. The number of rotatable bonds is 6. The molecule has 0 saturated heterocycles. The van der Waals surface area contributed by atoms with Gasteiger partial charge < -0.3 is 15.2 Å². The number of carbonyl (C=O) groups is 1. The van der Waals surface area contributed by atoms with Crippen molar-refractivity contribution >= 4 is 5.91 Å². The topological polar surface area (TPSA) is 58.6 Å². The normalized spacial score (nSPS) is 16.1. The Morgan fingerprint density at radius 1 is 1.50 bits per heavy atom. The lowest BCUT2D eigenvalue weighted by Gasteiger charge is -2.11. The summed E-state index contributed by atoms with van der Waals surface area (Å²) in [6.45, 7) is -0.0253. The van der Waals surface area contributed by atoms with Gasteiger partial charge in [-0.15, -0.1) is 0 Å². The monoisotopic (exact) mass is 253 g/mol. The molecule has 18 heavy (non-hydrogen) atoms. The summed E-state index contributed by atoms with van der Waals surface area (Å²) in [4.78, 5) is 11.4. The van der Waals surface area contributed by atoms with E-state index in [-0.39, 0.29) is 24.8 Å². The maximum atomic E-state index is 13.2. The van der Waals surface area contributed by atoms with Crippen molar-refractivity contribution in [2.75, 3.05) is 13.2 Å². The summed E-state index contributed by atoms with van der Waals surface area (Å²) >= 11 is 0. The van der Waals surface area contributed by atoms with Crippen molar-refractivity contribution in [3.05, 3.63) is 30.1 Å². The van der Waals surface area contributed by atoms with Crippen LogP contribution in [0.1, 0.15) is 12.8 Å². The number of aliphatic hydroxyl groups is 1.